The molecule has 1 aliphatic rings. The maximum Gasteiger partial charge on any atom is 0.277 e. The minimum Gasteiger partial charge on any atom is -0.397 e. The summed E-state index contributed by atoms with van der Waals surface area (Å²) >= 11 is 0. The van der Waals surface area contributed by atoms with E-state index in [0.29, 0.717) is 6.61 Å². The highest BCUT2D eigenvalue weighted by Crippen LogP contribution is 2.33. The van der Waals surface area contributed by atoms with Gasteiger partial charge in [-0.2, -0.15) is 8.42 Å². The third-order valence-electron chi connectivity index (χ3n) is 5.12. The Kier molecular flexibility index (Phi) is 18.1. The largest absolute Gasteiger partial charge is 0.397 e. The van der Waals surface area contributed by atoms with Gasteiger partial charge in [0.1, 0.15) is 4.75 Å². The number of hydrogen-bond acceptors (Lipinski definition) is 5. The second kappa shape index (κ2) is 17.2. The Morgan fingerprint density at radius 1 is 0.929 bits per heavy atom. The summed E-state index contributed by atoms with van der Waals surface area (Å²) in [5.41, 5.74) is 0. The smallest absolute Gasteiger partial charge is 0.277 e. The summed E-state index contributed by atoms with van der Waals surface area (Å²) in [6.45, 7) is 8.14. The zero-order valence-corrected chi connectivity index (χ0v) is 19.5. The fourth-order valence-corrected chi connectivity index (χ4v) is 4.39. The van der Waals surface area contributed by atoms with E-state index in [4.69, 9.17) is 9.29 Å². The van der Waals surface area contributed by atoms with Crippen molar-refractivity contribution in [1.82, 2.24) is 6.15 Å². The summed E-state index contributed by atoms with van der Waals surface area (Å²) in [6.07, 6.45) is 19.6. The fourth-order valence-electron chi connectivity index (χ4n) is 3.02. The van der Waals surface area contributed by atoms with Crippen LogP contribution in [0.5, 0.6) is 0 Å². The lowest BCUT2D eigenvalue weighted by Crippen LogP contribution is -2.41. The maximum absolute atomic E-state index is 12.5. The van der Waals surface area contributed by atoms with Gasteiger partial charge in [-0.1, -0.05) is 95.9 Å². The molecule has 5 nitrogen and oxygen atoms in total. The summed E-state index contributed by atoms with van der Waals surface area (Å²) in [6, 6.07) is 0. The van der Waals surface area contributed by atoms with Crippen LogP contribution in [0.25, 0.3) is 0 Å². The molecule has 0 saturated heterocycles. The Balaban J connectivity index is 0. The second-order valence-corrected chi connectivity index (χ2v) is 9.51. The number of allylic oxidation sites excluding steroid dienone is 3. The summed E-state index contributed by atoms with van der Waals surface area (Å²) in [4.78, 5) is 0. The number of unbranched alkanes of at least 4 members (excludes halogenated alkanes) is 9. The molecule has 0 heterocycles. The molecule has 1 rings (SSSR count). The highest BCUT2D eigenvalue weighted by atomic mass is 32.2. The molecule has 2 atom stereocenters. The van der Waals surface area contributed by atoms with Crippen molar-refractivity contribution in [3.63, 3.8) is 0 Å². The van der Waals surface area contributed by atoms with Gasteiger partial charge in [0.05, 0.1) is 6.61 Å². The molecule has 0 radical (unpaired) electrons. The molecule has 0 aliphatic heterocycles. The third kappa shape index (κ3) is 11.3. The van der Waals surface area contributed by atoms with Crippen molar-refractivity contribution < 1.29 is 17.7 Å². The Labute approximate surface area is 174 Å². The number of aliphatic hydroxyl groups is 1. The topological polar surface area (TPSA) is 98.6 Å². The van der Waals surface area contributed by atoms with Crippen molar-refractivity contribution in [2.45, 2.75) is 96.7 Å². The van der Waals surface area contributed by atoms with Crippen LogP contribution in [0, 0.1) is 5.92 Å². The van der Waals surface area contributed by atoms with Crippen LogP contribution in [0.15, 0.2) is 24.3 Å². The first-order valence-electron chi connectivity index (χ1n) is 10.7. The molecule has 1 aliphatic carbocycles. The molecule has 28 heavy (non-hydrogen) atoms. The van der Waals surface area contributed by atoms with E-state index in [0.717, 1.165) is 12.8 Å². The molecule has 168 valence electrons. The van der Waals surface area contributed by atoms with Crippen LogP contribution < -0.4 is 6.15 Å². The average molecular weight is 420 g/mol. The van der Waals surface area contributed by atoms with Gasteiger partial charge >= 0.3 is 0 Å². The lowest BCUT2D eigenvalue weighted by Gasteiger charge is -2.31. The van der Waals surface area contributed by atoms with Gasteiger partial charge < -0.3 is 11.3 Å². The van der Waals surface area contributed by atoms with Crippen molar-refractivity contribution in [1.29, 1.82) is 0 Å². The molecule has 0 aromatic heterocycles. The van der Waals surface area contributed by atoms with E-state index in [2.05, 4.69) is 6.92 Å². The molecule has 0 aromatic carbocycles. The lowest BCUT2D eigenvalue weighted by molar-refractivity contribution is 0.288. The van der Waals surface area contributed by atoms with E-state index in [1.165, 1.54) is 51.4 Å². The predicted octanol–water partition coefficient (Wildman–Crippen LogP) is 5.94. The van der Waals surface area contributed by atoms with Crippen molar-refractivity contribution >= 4 is 10.1 Å². The van der Waals surface area contributed by atoms with Crippen LogP contribution in [-0.4, -0.2) is 31.5 Å². The van der Waals surface area contributed by atoms with Gasteiger partial charge in [0.15, 0.2) is 0 Å². The maximum atomic E-state index is 12.5. The predicted molar refractivity (Wildman–Crippen MR) is 120 cm³/mol. The van der Waals surface area contributed by atoms with Crippen molar-refractivity contribution in [3.05, 3.63) is 24.3 Å². The van der Waals surface area contributed by atoms with Crippen LogP contribution in [-0.2, 0) is 14.3 Å². The number of rotatable bonds is 13. The van der Waals surface area contributed by atoms with Crippen LogP contribution in [0.4, 0.5) is 0 Å². The standard InChI is InChI=1S/C20H36O3S.C2H6O.H3N/c1-4-5-6-7-8-9-10-11-12-15-18-23-24(21,22)20(3)17-14-13-16-19(20)2;1-2-3;/h13-14,16-17,19H,4-12,15,18H2,1-3H3;3H,2H2,1H3;1H3. The van der Waals surface area contributed by atoms with Gasteiger partial charge in [-0.25, -0.2) is 0 Å². The Hall–Kier alpha value is -0.690. The molecule has 0 aromatic rings. The van der Waals surface area contributed by atoms with Crippen LogP contribution in [0.3, 0.4) is 0 Å². The van der Waals surface area contributed by atoms with E-state index < -0.39 is 14.9 Å². The van der Waals surface area contributed by atoms with E-state index >= 15 is 0 Å². The summed E-state index contributed by atoms with van der Waals surface area (Å²) < 4.78 is 29.3. The molecule has 2 unspecified atom stereocenters. The Morgan fingerprint density at radius 2 is 1.39 bits per heavy atom. The first kappa shape index (κ1) is 29.5. The fraction of sp³-hybridized carbons (Fsp3) is 0.818. The van der Waals surface area contributed by atoms with Crippen LogP contribution in [0.1, 0.15) is 91.9 Å². The summed E-state index contributed by atoms with van der Waals surface area (Å²) in [5.74, 6) is -0.0693. The first-order chi connectivity index (χ1) is 12.9. The van der Waals surface area contributed by atoms with E-state index in [-0.39, 0.29) is 18.7 Å². The SMILES string of the molecule is CCCCCCCCCCCCOS(=O)(=O)C1(C)C=CC=CC1C.CCO.N. The molecule has 0 spiro atoms. The highest BCUT2D eigenvalue weighted by molar-refractivity contribution is 7.88. The normalized spacial score (nSPS) is 21.0. The highest BCUT2D eigenvalue weighted by Gasteiger charge is 2.42. The molecule has 6 heteroatoms. The monoisotopic (exact) mass is 419 g/mol. The van der Waals surface area contributed by atoms with Crippen LogP contribution in [0.2, 0.25) is 0 Å². The van der Waals surface area contributed by atoms with Gasteiger partial charge in [0.25, 0.3) is 10.1 Å². The van der Waals surface area contributed by atoms with Gasteiger partial charge in [-0.15, -0.1) is 0 Å². The second-order valence-electron chi connectivity index (χ2n) is 7.49. The molecular formula is C22H45NO4S. The van der Waals surface area contributed by atoms with Crippen molar-refractivity contribution in [2.24, 2.45) is 5.92 Å². The molecule has 0 amide bonds. The molecule has 0 saturated carbocycles. The van der Waals surface area contributed by atoms with E-state index in [1.807, 2.05) is 19.1 Å². The molecule has 0 bridgehead atoms. The minimum atomic E-state index is -3.58. The quantitative estimate of drug-likeness (QED) is 0.284. The molecule has 0 fully saturated rings. The zero-order chi connectivity index (χ0) is 20.6. The van der Waals surface area contributed by atoms with Gasteiger partial charge in [0, 0.05) is 6.61 Å². The molecular weight excluding hydrogens is 374 g/mol. The summed E-state index contributed by atoms with van der Waals surface area (Å²) in [5, 5.41) is 7.57. The Bertz CT molecular complexity index is 517. The third-order valence-corrected chi connectivity index (χ3v) is 7.18. The van der Waals surface area contributed by atoms with Gasteiger partial charge in [0.2, 0.25) is 0 Å². The minimum absolute atomic E-state index is 0. The Morgan fingerprint density at radius 3 is 1.86 bits per heavy atom. The number of hydrogen-bond donors (Lipinski definition) is 2. The van der Waals surface area contributed by atoms with Crippen molar-refractivity contribution in [3.8, 4) is 0 Å². The van der Waals surface area contributed by atoms with Gasteiger partial charge in [-0.05, 0) is 26.2 Å². The summed E-state index contributed by atoms with van der Waals surface area (Å²) in [7, 11) is -3.58. The zero-order valence-electron chi connectivity index (χ0n) is 18.7. The number of aliphatic hydroxyl groups excluding tert-OH is 1. The average Bonchev–Trinajstić information content (AvgIpc) is 2.62. The van der Waals surface area contributed by atoms with Crippen LogP contribution >= 0.6 is 0 Å². The lowest BCUT2D eigenvalue weighted by atomic mass is 9.91. The van der Waals surface area contributed by atoms with E-state index in [9.17, 15) is 8.42 Å². The van der Waals surface area contributed by atoms with E-state index in [1.54, 1.807) is 26.0 Å². The van der Waals surface area contributed by atoms with Gasteiger partial charge in [-0.3, -0.25) is 4.18 Å². The molecule has 4 N–H and O–H groups in total. The van der Waals surface area contributed by atoms with Crippen molar-refractivity contribution in [2.75, 3.05) is 13.2 Å². The first-order valence-corrected chi connectivity index (χ1v) is 12.1.